The number of carbonyl (C=O) groups excluding carboxylic acids is 6. The van der Waals surface area contributed by atoms with Gasteiger partial charge in [0.2, 0.25) is 0 Å². The van der Waals surface area contributed by atoms with Gasteiger partial charge in [0, 0.05) is 22.3 Å². The minimum Gasteiger partial charge on any atom is -0.458 e. The Bertz CT molecular complexity index is 1730. The number of aromatic amines is 1. The van der Waals surface area contributed by atoms with Crippen molar-refractivity contribution in [2.45, 2.75) is 85.3 Å². The number of hydrogen-bond donors (Lipinski definition) is 3. The molecular formula is C34H47N5O15. The van der Waals surface area contributed by atoms with Gasteiger partial charge >= 0.3 is 53.1 Å². The third-order valence-corrected chi connectivity index (χ3v) is 6.72. The third kappa shape index (κ3) is 16.0. The second-order valence-corrected chi connectivity index (χ2v) is 11.9. The lowest BCUT2D eigenvalue weighted by atomic mass is 10.1. The minimum atomic E-state index is -1.42. The first-order valence-electron chi connectivity index (χ1n) is 16.5. The maximum Gasteiger partial charge on any atom is 0.409 e. The van der Waals surface area contributed by atoms with E-state index in [1.807, 2.05) is 11.9 Å². The molecule has 0 aliphatic heterocycles. The molecular weight excluding hydrogens is 718 g/mol. The highest BCUT2D eigenvalue weighted by Gasteiger charge is 2.26. The molecule has 20 heteroatoms. The SMILES string of the molecule is C=C(C)C(=O)OCC(COC(=O)C(=C)C)OC(=O)NCn1c(=O)[nH]c(=O)n(C(CCCCC)NC(=O)OC(COC(=O)C(=C)C)COC(=O)C(=C)C)c1=O. The van der Waals surface area contributed by atoms with Crippen molar-refractivity contribution >= 4 is 36.1 Å². The predicted octanol–water partition coefficient (Wildman–Crippen LogP) is 1.40. The number of H-pyrrole nitrogens is 1. The fraction of sp³-hybridized carbons (Fsp3) is 0.500. The molecule has 0 aliphatic rings. The van der Waals surface area contributed by atoms with Crippen molar-refractivity contribution in [1.29, 1.82) is 0 Å². The normalized spacial score (nSPS) is 11.1. The Balaban J connectivity index is 3.30. The van der Waals surface area contributed by atoms with Gasteiger partial charge in [-0.25, -0.2) is 52.3 Å². The van der Waals surface area contributed by atoms with Gasteiger partial charge in [0.15, 0.2) is 12.2 Å². The molecule has 1 unspecified atom stereocenters. The van der Waals surface area contributed by atoms with E-state index in [2.05, 4.69) is 36.9 Å². The number of ether oxygens (including phenoxy) is 6. The first kappa shape index (κ1) is 45.8. The molecule has 0 saturated carbocycles. The average molecular weight is 766 g/mol. The molecule has 0 radical (unpaired) electrons. The zero-order valence-electron chi connectivity index (χ0n) is 30.9. The number of aromatic nitrogens is 3. The number of hydrogen-bond acceptors (Lipinski definition) is 15. The Labute approximate surface area is 309 Å². The highest BCUT2D eigenvalue weighted by atomic mass is 16.6. The molecule has 0 aromatic carbocycles. The average Bonchev–Trinajstić information content (AvgIpc) is 3.09. The van der Waals surface area contributed by atoms with Gasteiger partial charge in [-0.1, -0.05) is 46.1 Å². The molecule has 1 atom stereocenters. The van der Waals surface area contributed by atoms with Gasteiger partial charge in [-0.15, -0.1) is 0 Å². The molecule has 0 bridgehead atoms. The van der Waals surface area contributed by atoms with Crippen molar-refractivity contribution < 1.29 is 57.2 Å². The topological polar surface area (TPSA) is 259 Å². The summed E-state index contributed by atoms with van der Waals surface area (Å²) in [5, 5.41) is 4.51. The van der Waals surface area contributed by atoms with Crippen LogP contribution >= 0.6 is 0 Å². The number of alkyl carbamates (subject to hydrolysis) is 2. The van der Waals surface area contributed by atoms with Gasteiger partial charge in [0.05, 0.1) is 0 Å². The highest BCUT2D eigenvalue weighted by Crippen LogP contribution is 2.11. The van der Waals surface area contributed by atoms with Crippen molar-refractivity contribution in [2.24, 2.45) is 0 Å². The van der Waals surface area contributed by atoms with Crippen LogP contribution in [0.1, 0.15) is 66.5 Å². The van der Waals surface area contributed by atoms with Gasteiger partial charge in [0.1, 0.15) is 39.3 Å². The standard InChI is InChI=1S/C34H47N5O15/c1-10-11-12-13-25(36-33(47)54-24(16-51-28(42)21(6)7)17-52-29(43)22(8)9)39-31(45)37-30(44)38(34(39)48)18-35-32(46)53-23(14-49-26(40)19(2)3)15-50-27(41)20(4)5/h23-25H,2,4,6,8,10-18H2,1,3,5,7,9H3,(H,35,46)(H,36,47)(H,37,44,45). The van der Waals surface area contributed by atoms with E-state index in [0.717, 1.165) is 0 Å². The van der Waals surface area contributed by atoms with Crippen molar-refractivity contribution in [3.63, 3.8) is 0 Å². The fourth-order valence-corrected chi connectivity index (χ4v) is 3.85. The summed E-state index contributed by atoms with van der Waals surface area (Å²) in [6.07, 6.45) is -4.95. The smallest absolute Gasteiger partial charge is 0.409 e. The lowest BCUT2D eigenvalue weighted by Gasteiger charge is -2.23. The summed E-state index contributed by atoms with van der Waals surface area (Å²) in [5.74, 6) is -3.29. The number of unbranched alkanes of at least 4 members (excludes halogenated alkanes) is 2. The molecule has 298 valence electrons. The summed E-state index contributed by atoms with van der Waals surface area (Å²) in [4.78, 5) is 115. The van der Waals surface area contributed by atoms with E-state index in [-0.39, 0.29) is 28.7 Å². The highest BCUT2D eigenvalue weighted by molar-refractivity contribution is 5.88. The van der Waals surface area contributed by atoms with Crippen LogP contribution in [0.2, 0.25) is 0 Å². The van der Waals surface area contributed by atoms with E-state index in [9.17, 15) is 43.2 Å². The van der Waals surface area contributed by atoms with Gasteiger partial charge in [-0.2, -0.15) is 0 Å². The van der Waals surface area contributed by atoms with Crippen LogP contribution < -0.4 is 27.7 Å². The van der Waals surface area contributed by atoms with E-state index in [0.29, 0.717) is 28.4 Å². The molecule has 0 aliphatic carbocycles. The zero-order valence-corrected chi connectivity index (χ0v) is 30.9. The number of carbonyl (C=O) groups is 6. The van der Waals surface area contributed by atoms with E-state index in [1.54, 1.807) is 0 Å². The Kier molecular flexibility index (Phi) is 19.2. The summed E-state index contributed by atoms with van der Waals surface area (Å²) in [5.41, 5.74) is -3.57. The fourth-order valence-electron chi connectivity index (χ4n) is 3.85. The van der Waals surface area contributed by atoms with Crippen molar-refractivity contribution in [3.05, 3.63) is 80.1 Å². The van der Waals surface area contributed by atoms with Crippen molar-refractivity contribution in [1.82, 2.24) is 24.8 Å². The summed E-state index contributed by atoms with van der Waals surface area (Å²) < 4.78 is 31.4. The first-order chi connectivity index (χ1) is 25.3. The van der Waals surface area contributed by atoms with Gasteiger partial charge < -0.3 is 39.1 Å². The Morgan fingerprint density at radius 1 is 0.648 bits per heavy atom. The molecule has 2 amide bonds. The minimum absolute atomic E-state index is 0.0208. The maximum absolute atomic E-state index is 13.5. The lowest BCUT2D eigenvalue weighted by Crippen LogP contribution is -2.55. The molecule has 20 nitrogen and oxygen atoms in total. The largest absolute Gasteiger partial charge is 0.458 e. The molecule has 1 aromatic rings. The van der Waals surface area contributed by atoms with Crippen LogP contribution in [0.4, 0.5) is 9.59 Å². The Hall–Kier alpha value is -6.21. The van der Waals surface area contributed by atoms with Crippen LogP contribution in [0, 0.1) is 0 Å². The second-order valence-electron chi connectivity index (χ2n) is 11.9. The van der Waals surface area contributed by atoms with Crippen LogP contribution in [0.3, 0.4) is 0 Å². The van der Waals surface area contributed by atoms with Crippen LogP contribution in [0.15, 0.2) is 63.0 Å². The second kappa shape index (κ2) is 22.7. The van der Waals surface area contributed by atoms with E-state index >= 15 is 0 Å². The molecule has 0 saturated heterocycles. The summed E-state index contributed by atoms with van der Waals surface area (Å²) >= 11 is 0. The van der Waals surface area contributed by atoms with Gasteiger partial charge in [-0.05, 0) is 40.5 Å². The number of amides is 2. The summed E-state index contributed by atoms with van der Waals surface area (Å²) in [6, 6.07) is 0. The monoisotopic (exact) mass is 765 g/mol. The maximum atomic E-state index is 13.5. The van der Waals surface area contributed by atoms with Crippen molar-refractivity contribution in [3.8, 4) is 0 Å². The first-order valence-corrected chi connectivity index (χ1v) is 16.5. The van der Waals surface area contributed by atoms with E-state index in [4.69, 9.17) is 28.4 Å². The van der Waals surface area contributed by atoms with Crippen LogP contribution in [-0.4, -0.2) is 88.8 Å². The quantitative estimate of drug-likeness (QED) is 0.0652. The number of esters is 4. The summed E-state index contributed by atoms with van der Waals surface area (Å²) in [7, 11) is 0. The zero-order chi connectivity index (χ0) is 41.1. The Morgan fingerprint density at radius 3 is 1.44 bits per heavy atom. The molecule has 3 N–H and O–H groups in total. The van der Waals surface area contributed by atoms with E-state index in [1.165, 1.54) is 27.7 Å². The summed E-state index contributed by atoms with van der Waals surface area (Å²) in [6.45, 7) is 18.0. The van der Waals surface area contributed by atoms with E-state index < -0.39 is 105 Å². The van der Waals surface area contributed by atoms with Gasteiger partial charge in [0.25, 0.3) is 0 Å². The third-order valence-electron chi connectivity index (χ3n) is 6.72. The van der Waals surface area contributed by atoms with Gasteiger partial charge in [-0.3, -0.25) is 4.98 Å². The molecule has 0 fully saturated rings. The molecule has 1 rings (SSSR count). The number of nitrogens with zero attached hydrogens (tertiary/aromatic N) is 2. The van der Waals surface area contributed by atoms with Crippen molar-refractivity contribution in [2.75, 3.05) is 26.4 Å². The molecule has 0 spiro atoms. The lowest BCUT2D eigenvalue weighted by molar-refractivity contribution is -0.149. The number of nitrogens with one attached hydrogen (secondary N) is 3. The molecule has 1 aromatic heterocycles. The van der Waals surface area contributed by atoms with Crippen LogP contribution in [0.25, 0.3) is 0 Å². The molecule has 1 heterocycles. The van der Waals surface area contributed by atoms with Crippen LogP contribution in [-0.2, 0) is 54.3 Å². The number of rotatable bonds is 22. The van der Waals surface area contributed by atoms with Crippen LogP contribution in [0.5, 0.6) is 0 Å². The predicted molar refractivity (Wildman–Crippen MR) is 189 cm³/mol. The molecule has 54 heavy (non-hydrogen) atoms. The Morgan fingerprint density at radius 2 is 1.06 bits per heavy atom.